The average molecular weight is 648 g/mol. The van der Waals surface area contributed by atoms with E-state index < -0.39 is 0 Å². The van der Waals surface area contributed by atoms with Gasteiger partial charge in [0.1, 0.15) is 24.3 Å². The van der Waals surface area contributed by atoms with Crippen LogP contribution >= 0.6 is 0 Å². The SMILES string of the molecule is C1=C(N2c3ccccc3C3/C(c4ccc(-c5ccccc5)cc4)=C\Cc4ccccc4OCC32)NC(c2ccccc2)N=C1c1ccccc1. The lowest BCUT2D eigenvalue weighted by Gasteiger charge is -2.36. The van der Waals surface area contributed by atoms with Gasteiger partial charge in [-0.25, -0.2) is 0 Å². The van der Waals surface area contributed by atoms with E-state index >= 15 is 0 Å². The molecule has 242 valence electrons. The van der Waals surface area contributed by atoms with E-state index in [0.29, 0.717) is 6.61 Å². The van der Waals surface area contributed by atoms with E-state index in [1.165, 1.54) is 39.1 Å². The molecule has 9 rings (SSSR count). The summed E-state index contributed by atoms with van der Waals surface area (Å²) >= 11 is 0. The highest BCUT2D eigenvalue weighted by molar-refractivity contribution is 6.10. The smallest absolute Gasteiger partial charge is 0.146 e. The quantitative estimate of drug-likeness (QED) is 0.202. The predicted octanol–water partition coefficient (Wildman–Crippen LogP) is 9.98. The number of allylic oxidation sites excluding steroid dienone is 2. The highest BCUT2D eigenvalue weighted by Crippen LogP contribution is 2.50. The molecule has 0 amide bonds. The van der Waals surface area contributed by atoms with Crippen LogP contribution in [0.1, 0.15) is 39.9 Å². The second-order valence-corrected chi connectivity index (χ2v) is 13.1. The lowest BCUT2D eigenvalue weighted by Crippen LogP contribution is -2.44. The van der Waals surface area contributed by atoms with Gasteiger partial charge in [0.25, 0.3) is 0 Å². The van der Waals surface area contributed by atoms with Crippen molar-refractivity contribution >= 4 is 17.0 Å². The number of hydrogen-bond acceptors (Lipinski definition) is 4. The van der Waals surface area contributed by atoms with E-state index in [4.69, 9.17) is 9.73 Å². The molecule has 0 radical (unpaired) electrons. The van der Waals surface area contributed by atoms with Crippen LogP contribution in [0.4, 0.5) is 5.69 Å². The van der Waals surface area contributed by atoms with Crippen LogP contribution in [0.3, 0.4) is 0 Å². The highest BCUT2D eigenvalue weighted by Gasteiger charge is 2.44. The Bertz CT molecular complexity index is 2220. The van der Waals surface area contributed by atoms with Crippen LogP contribution in [0, 0.1) is 0 Å². The summed E-state index contributed by atoms with van der Waals surface area (Å²) < 4.78 is 6.80. The molecule has 0 spiro atoms. The van der Waals surface area contributed by atoms with E-state index in [0.717, 1.165) is 34.8 Å². The van der Waals surface area contributed by atoms with Gasteiger partial charge in [0, 0.05) is 17.7 Å². The third-order valence-corrected chi connectivity index (χ3v) is 10.1. The standard InChI is InChI=1S/C46H37N3O/c1-4-14-32(15-5-1)33-24-26-34(27-25-33)38-29-28-36-18-10-13-23-43(36)50-31-42-45(38)39-21-11-12-22-41(39)49(42)44-30-40(35-16-6-2-7-17-35)47-46(48-44)37-19-8-3-9-20-37/h1-27,29-30,42,45-46,48H,28,31H2/b38-29-. The fourth-order valence-electron chi connectivity index (χ4n) is 7.70. The van der Waals surface area contributed by atoms with Crippen LogP contribution in [-0.4, -0.2) is 18.4 Å². The lowest BCUT2D eigenvalue weighted by atomic mass is 9.82. The zero-order chi connectivity index (χ0) is 33.3. The molecule has 0 saturated carbocycles. The van der Waals surface area contributed by atoms with Gasteiger partial charge in [0.05, 0.1) is 11.8 Å². The third kappa shape index (κ3) is 5.59. The van der Waals surface area contributed by atoms with E-state index in [-0.39, 0.29) is 18.1 Å². The second-order valence-electron chi connectivity index (χ2n) is 13.1. The topological polar surface area (TPSA) is 36.9 Å². The van der Waals surface area contributed by atoms with Gasteiger partial charge in [-0.2, -0.15) is 0 Å². The van der Waals surface area contributed by atoms with Gasteiger partial charge in [-0.1, -0.05) is 158 Å². The number of fused-ring (bicyclic) bond motifs is 4. The summed E-state index contributed by atoms with van der Waals surface area (Å²) in [6.45, 7) is 0.517. The van der Waals surface area contributed by atoms with Crippen molar-refractivity contribution in [3.05, 3.63) is 210 Å². The molecule has 0 aromatic heterocycles. The Labute approximate surface area is 293 Å². The van der Waals surface area contributed by atoms with Gasteiger partial charge in [0.15, 0.2) is 0 Å². The first-order chi connectivity index (χ1) is 24.8. The van der Waals surface area contributed by atoms with Crippen molar-refractivity contribution in [2.45, 2.75) is 24.5 Å². The fourth-order valence-corrected chi connectivity index (χ4v) is 7.70. The fraction of sp³-hybridized carbons (Fsp3) is 0.109. The summed E-state index contributed by atoms with van der Waals surface area (Å²) in [5.74, 6) is 2.03. The number of nitrogens with one attached hydrogen (secondary N) is 1. The normalized spacial score (nSPS) is 20.5. The van der Waals surface area contributed by atoms with Gasteiger partial charge < -0.3 is 15.0 Å². The van der Waals surface area contributed by atoms with E-state index in [9.17, 15) is 0 Å². The first-order valence-corrected chi connectivity index (χ1v) is 17.4. The van der Waals surface area contributed by atoms with Crippen molar-refractivity contribution in [2.24, 2.45) is 4.99 Å². The van der Waals surface area contributed by atoms with Crippen molar-refractivity contribution in [1.29, 1.82) is 0 Å². The molecule has 3 aliphatic rings. The van der Waals surface area contributed by atoms with Crippen LogP contribution < -0.4 is 15.0 Å². The summed E-state index contributed by atoms with van der Waals surface area (Å²) in [5.41, 5.74) is 11.8. The number of benzene rings is 6. The molecule has 1 N–H and O–H groups in total. The Balaban J connectivity index is 1.19. The van der Waals surface area contributed by atoms with Crippen molar-refractivity contribution in [2.75, 3.05) is 11.5 Å². The van der Waals surface area contributed by atoms with Crippen molar-refractivity contribution in [3.8, 4) is 16.9 Å². The third-order valence-electron chi connectivity index (χ3n) is 10.1. The summed E-state index contributed by atoms with van der Waals surface area (Å²) in [6.07, 6.45) is 5.21. The van der Waals surface area contributed by atoms with Gasteiger partial charge in [-0.3, -0.25) is 4.99 Å². The molecule has 6 aromatic rings. The van der Waals surface area contributed by atoms with Crippen LogP contribution in [0.15, 0.2) is 187 Å². The van der Waals surface area contributed by atoms with Crippen molar-refractivity contribution in [3.63, 3.8) is 0 Å². The van der Waals surface area contributed by atoms with E-state index in [1.807, 2.05) is 0 Å². The Morgan fingerprint density at radius 3 is 2.00 bits per heavy atom. The molecule has 0 bridgehead atoms. The van der Waals surface area contributed by atoms with Crippen molar-refractivity contribution in [1.82, 2.24) is 5.32 Å². The zero-order valence-electron chi connectivity index (χ0n) is 27.7. The molecule has 3 heterocycles. The van der Waals surface area contributed by atoms with Crippen LogP contribution in [0.25, 0.3) is 16.7 Å². The first kappa shape index (κ1) is 30.0. The minimum atomic E-state index is -0.240. The molecule has 50 heavy (non-hydrogen) atoms. The van der Waals surface area contributed by atoms with Gasteiger partial charge in [-0.15, -0.1) is 0 Å². The predicted molar refractivity (Wildman–Crippen MR) is 204 cm³/mol. The monoisotopic (exact) mass is 647 g/mol. The second kappa shape index (κ2) is 13.1. The maximum absolute atomic E-state index is 6.80. The summed E-state index contributed by atoms with van der Waals surface area (Å²) in [6, 6.07) is 58.0. The minimum Gasteiger partial charge on any atom is -0.491 e. The lowest BCUT2D eigenvalue weighted by molar-refractivity contribution is 0.280. The molecule has 0 fully saturated rings. The van der Waals surface area contributed by atoms with E-state index in [2.05, 4.69) is 186 Å². The Kier molecular flexibility index (Phi) is 7.83. The number of anilines is 1. The molecule has 4 nitrogen and oxygen atoms in total. The Hall–Kier alpha value is -6.13. The minimum absolute atomic E-state index is 0.0242. The van der Waals surface area contributed by atoms with Gasteiger partial charge in [-0.05, 0) is 63.1 Å². The molecule has 4 heteroatoms. The Morgan fingerprint density at radius 1 is 0.600 bits per heavy atom. The highest BCUT2D eigenvalue weighted by atomic mass is 16.5. The maximum atomic E-state index is 6.80. The molecule has 0 saturated heterocycles. The molecular weight excluding hydrogens is 611 g/mol. The molecule has 3 atom stereocenters. The van der Waals surface area contributed by atoms with E-state index in [1.54, 1.807) is 0 Å². The molecule has 3 aliphatic heterocycles. The molecule has 0 aliphatic carbocycles. The average Bonchev–Trinajstić information content (AvgIpc) is 3.55. The van der Waals surface area contributed by atoms with Crippen LogP contribution in [0.2, 0.25) is 0 Å². The first-order valence-electron chi connectivity index (χ1n) is 17.4. The maximum Gasteiger partial charge on any atom is 0.146 e. The number of ether oxygens (including phenoxy) is 1. The number of para-hydroxylation sites is 2. The number of nitrogens with zero attached hydrogens (tertiary/aromatic N) is 2. The molecule has 3 unspecified atom stereocenters. The largest absolute Gasteiger partial charge is 0.491 e. The Morgan fingerprint density at radius 2 is 1.22 bits per heavy atom. The molecular formula is C46H37N3O. The van der Waals surface area contributed by atoms with Gasteiger partial charge in [0.2, 0.25) is 0 Å². The number of rotatable bonds is 5. The summed E-state index contributed by atoms with van der Waals surface area (Å²) in [4.78, 5) is 7.72. The van der Waals surface area contributed by atoms with Crippen molar-refractivity contribution < 1.29 is 4.74 Å². The molecule has 6 aromatic carbocycles. The zero-order valence-corrected chi connectivity index (χ0v) is 27.7. The van der Waals surface area contributed by atoms with Crippen LogP contribution in [-0.2, 0) is 6.42 Å². The van der Waals surface area contributed by atoms with Gasteiger partial charge >= 0.3 is 0 Å². The summed E-state index contributed by atoms with van der Waals surface area (Å²) in [5, 5.41) is 3.86. The number of aliphatic imine (C=N–C) groups is 1. The summed E-state index contributed by atoms with van der Waals surface area (Å²) in [7, 11) is 0. The van der Waals surface area contributed by atoms with Crippen LogP contribution in [0.5, 0.6) is 5.75 Å². The number of hydrogen-bond donors (Lipinski definition) is 1.